The minimum atomic E-state index is -3.78. The van der Waals surface area contributed by atoms with E-state index in [9.17, 15) is 28.2 Å². The molecule has 1 aromatic heterocycles. The first kappa shape index (κ1) is 17.8. The van der Waals surface area contributed by atoms with Crippen molar-refractivity contribution in [1.82, 2.24) is 14.3 Å². The first-order chi connectivity index (χ1) is 10.2. The number of sulfonamides is 1. The minimum Gasteiger partial charge on any atom is -0.412 e. The Kier molecular flexibility index (Phi) is 4.26. The monoisotopic (exact) mass is 351 g/mol. The number of H-pyrrole nitrogens is 1. The van der Waals surface area contributed by atoms with Crippen molar-refractivity contribution in [1.29, 1.82) is 0 Å². The molecule has 2 saturated heterocycles. The van der Waals surface area contributed by atoms with Crippen LogP contribution in [-0.4, -0.2) is 63.8 Å². The van der Waals surface area contributed by atoms with E-state index in [4.69, 9.17) is 4.74 Å². The zero-order valence-corrected chi connectivity index (χ0v) is 12.8. The Bertz CT molecular complexity index is 830. The summed E-state index contributed by atoms with van der Waals surface area (Å²) in [5, 5.41) is 19.7. The number of rotatable bonds is 2. The smallest absolute Gasteiger partial charge is 0.330 e. The van der Waals surface area contributed by atoms with Crippen LogP contribution in [0.15, 0.2) is 15.8 Å². The van der Waals surface area contributed by atoms with Crippen molar-refractivity contribution in [3.63, 3.8) is 0 Å². The van der Waals surface area contributed by atoms with Gasteiger partial charge < -0.3 is 20.4 Å². The fourth-order valence-electron chi connectivity index (χ4n) is 2.86. The number of aliphatic hydroxyl groups excluding tert-OH is 2. The highest BCUT2D eigenvalue weighted by Gasteiger charge is 2.61. The fourth-order valence-corrected chi connectivity index (χ4v) is 4.58. The number of ether oxygens (including phenoxy) is 1. The average molecular weight is 351 g/mol. The van der Waals surface area contributed by atoms with Gasteiger partial charge in [-0.15, -0.1) is 0 Å². The van der Waals surface area contributed by atoms with Gasteiger partial charge >= 0.3 is 5.69 Å². The van der Waals surface area contributed by atoms with Gasteiger partial charge in [-0.1, -0.05) is 0 Å². The maximum absolute atomic E-state index is 11.9. The molecule has 2 aliphatic rings. The lowest BCUT2D eigenvalue weighted by atomic mass is 9.97. The molecule has 3 rings (SSSR count). The summed E-state index contributed by atoms with van der Waals surface area (Å²) in [6, 6.07) is -1.14. The molecule has 4 atom stereocenters. The highest BCUT2D eigenvalue weighted by atomic mass is 32.2. The fraction of sp³-hybridized carbons (Fsp3) is 0.636. The number of nitrogens with one attached hydrogen (secondary N) is 2. The Labute approximate surface area is 129 Å². The third-order valence-corrected chi connectivity index (χ3v) is 5.48. The Morgan fingerprint density at radius 3 is 2.74 bits per heavy atom. The Morgan fingerprint density at radius 2 is 2.13 bits per heavy atom. The molecule has 130 valence electrons. The largest absolute Gasteiger partial charge is 0.412 e. The maximum atomic E-state index is 11.9. The van der Waals surface area contributed by atoms with Crippen molar-refractivity contribution in [2.45, 2.75) is 30.9 Å². The van der Waals surface area contributed by atoms with Crippen LogP contribution in [0.1, 0.15) is 11.8 Å². The molecule has 0 radical (unpaired) electrons. The zero-order valence-electron chi connectivity index (χ0n) is 12.0. The van der Waals surface area contributed by atoms with E-state index in [-0.39, 0.29) is 11.0 Å². The Balaban J connectivity index is 0.00000192. The number of aromatic amines is 1. The number of aryl methyl sites for hydroxylation is 1. The van der Waals surface area contributed by atoms with Crippen molar-refractivity contribution in [3.05, 3.63) is 32.6 Å². The molecule has 0 unspecified atom stereocenters. The van der Waals surface area contributed by atoms with E-state index in [1.165, 1.54) is 13.1 Å². The number of hydrogen-bond donors (Lipinski definition) is 4. The summed E-state index contributed by atoms with van der Waals surface area (Å²) in [5.74, 6) is -0.623. The van der Waals surface area contributed by atoms with Crippen LogP contribution in [0.2, 0.25) is 0 Å². The molecule has 23 heavy (non-hydrogen) atoms. The molecular formula is C11H17N3O8S. The first-order valence-electron chi connectivity index (χ1n) is 6.48. The van der Waals surface area contributed by atoms with Crippen molar-refractivity contribution in [3.8, 4) is 0 Å². The second-order valence-electron chi connectivity index (χ2n) is 5.56. The molecule has 2 aliphatic heterocycles. The molecule has 0 saturated carbocycles. The van der Waals surface area contributed by atoms with Crippen LogP contribution in [0.25, 0.3) is 0 Å². The average Bonchev–Trinajstić information content (AvgIpc) is 2.61. The molecular weight excluding hydrogens is 334 g/mol. The van der Waals surface area contributed by atoms with Crippen molar-refractivity contribution < 1.29 is 28.8 Å². The number of nitrogens with zero attached hydrogens (tertiary/aromatic N) is 1. The molecule has 12 heteroatoms. The zero-order chi connectivity index (χ0) is 16.3. The second-order valence-corrected chi connectivity index (χ2v) is 7.31. The van der Waals surface area contributed by atoms with Gasteiger partial charge in [-0.3, -0.25) is 14.3 Å². The van der Waals surface area contributed by atoms with Crippen LogP contribution >= 0.6 is 0 Å². The third kappa shape index (κ3) is 2.62. The van der Waals surface area contributed by atoms with Gasteiger partial charge in [-0.05, 0) is 6.92 Å². The van der Waals surface area contributed by atoms with Gasteiger partial charge in [-0.25, -0.2) is 17.9 Å². The molecule has 0 aromatic carbocycles. The van der Waals surface area contributed by atoms with E-state index in [0.29, 0.717) is 0 Å². The Hall–Kier alpha value is -1.57. The number of aromatic nitrogens is 2. The van der Waals surface area contributed by atoms with Crippen LogP contribution in [0.4, 0.5) is 0 Å². The second kappa shape index (κ2) is 5.51. The highest BCUT2D eigenvalue weighted by molar-refractivity contribution is 7.89. The number of aliphatic hydroxyl groups is 2. The van der Waals surface area contributed by atoms with E-state index in [1.54, 1.807) is 0 Å². The Morgan fingerprint density at radius 1 is 1.48 bits per heavy atom. The summed E-state index contributed by atoms with van der Waals surface area (Å²) in [4.78, 5) is 25.4. The van der Waals surface area contributed by atoms with E-state index >= 15 is 0 Å². The highest BCUT2D eigenvalue weighted by Crippen LogP contribution is 2.40. The van der Waals surface area contributed by atoms with Gasteiger partial charge in [0.2, 0.25) is 10.0 Å². The third-order valence-electron chi connectivity index (χ3n) is 3.98. The molecule has 0 spiro atoms. The molecule has 2 fully saturated rings. The van der Waals surface area contributed by atoms with Gasteiger partial charge in [0.1, 0.15) is 11.7 Å². The van der Waals surface area contributed by atoms with Crippen LogP contribution < -0.4 is 16.0 Å². The molecule has 6 N–H and O–H groups in total. The lowest BCUT2D eigenvalue weighted by Gasteiger charge is -2.33. The summed E-state index contributed by atoms with van der Waals surface area (Å²) in [5.41, 5.74) is -2.85. The molecule has 1 aromatic rings. The topological polar surface area (TPSA) is 182 Å². The van der Waals surface area contributed by atoms with E-state index in [1.807, 2.05) is 0 Å². The van der Waals surface area contributed by atoms with Crippen LogP contribution in [0.5, 0.6) is 0 Å². The van der Waals surface area contributed by atoms with Gasteiger partial charge in [0.25, 0.3) is 5.56 Å². The van der Waals surface area contributed by atoms with Crippen LogP contribution in [0, 0.1) is 6.92 Å². The van der Waals surface area contributed by atoms with Gasteiger partial charge in [0.05, 0.1) is 18.4 Å². The lowest BCUT2D eigenvalue weighted by Crippen LogP contribution is -2.61. The van der Waals surface area contributed by atoms with Gasteiger partial charge in [0, 0.05) is 11.8 Å². The summed E-state index contributed by atoms with van der Waals surface area (Å²) in [6.45, 7) is 0.747. The first-order valence-corrected chi connectivity index (χ1v) is 8.13. The van der Waals surface area contributed by atoms with E-state index < -0.39 is 57.6 Å². The molecule has 11 nitrogen and oxygen atoms in total. The maximum Gasteiger partial charge on any atom is 0.330 e. The van der Waals surface area contributed by atoms with E-state index in [2.05, 4.69) is 9.71 Å². The minimum absolute atomic E-state index is 0. The van der Waals surface area contributed by atoms with Crippen molar-refractivity contribution in [2.75, 3.05) is 12.4 Å². The SMILES string of the molecule is Cc1cn([C@@H]2O[C@@]3(CO)CS(=O)(=O)N[C@@H]2[C@@H]3O)c(=O)[nH]c1=O.O. The van der Waals surface area contributed by atoms with Gasteiger partial charge in [0.15, 0.2) is 6.23 Å². The molecule has 0 amide bonds. The molecule has 0 aliphatic carbocycles. The summed E-state index contributed by atoms with van der Waals surface area (Å²) in [6.07, 6.45) is -1.29. The summed E-state index contributed by atoms with van der Waals surface area (Å²) in [7, 11) is -3.78. The summed E-state index contributed by atoms with van der Waals surface area (Å²) < 4.78 is 32.5. The number of fused-ring (bicyclic) bond motifs is 2. The predicted octanol–water partition coefficient (Wildman–Crippen LogP) is -4.06. The lowest BCUT2D eigenvalue weighted by molar-refractivity contribution is -0.114. The van der Waals surface area contributed by atoms with Crippen molar-refractivity contribution >= 4 is 10.0 Å². The quantitative estimate of drug-likeness (QED) is 0.418. The van der Waals surface area contributed by atoms with E-state index in [0.717, 1.165) is 4.57 Å². The number of hydrogen-bond acceptors (Lipinski definition) is 7. The normalized spacial score (nSPS) is 34.8. The van der Waals surface area contributed by atoms with Gasteiger partial charge in [-0.2, -0.15) is 0 Å². The molecule has 2 bridgehead atoms. The summed E-state index contributed by atoms with van der Waals surface area (Å²) >= 11 is 0. The van der Waals surface area contributed by atoms with Crippen molar-refractivity contribution in [2.24, 2.45) is 0 Å². The standard InChI is InChI=1S/C11H15N3O7S.H2O/c1-5-2-14(10(18)12-8(5)17)9-6-7(16)11(3-15,21-9)4-22(19,20)13-6;/h2,6-7,9,13,15-16H,3-4H2,1H3,(H,12,17,18);1H2/t6-,7+,9-,11+;/m1./s1. The predicted molar refractivity (Wildman–Crippen MR) is 76.3 cm³/mol. The van der Waals surface area contributed by atoms with Crippen LogP contribution in [0.3, 0.4) is 0 Å². The molecule has 3 heterocycles. The van der Waals surface area contributed by atoms with Crippen LogP contribution in [-0.2, 0) is 14.8 Å².